The van der Waals surface area contributed by atoms with Gasteiger partial charge in [-0.2, -0.15) is 14.8 Å². The zero-order valence-electron chi connectivity index (χ0n) is 24.6. The van der Waals surface area contributed by atoms with E-state index in [-0.39, 0.29) is 47.6 Å². The quantitative estimate of drug-likeness (QED) is 0.511. The number of hydrogen-bond acceptors (Lipinski definition) is 7. The molecule has 2 aliphatic carbocycles. The third kappa shape index (κ3) is 4.45. The van der Waals surface area contributed by atoms with Crippen molar-refractivity contribution >= 4 is 23.5 Å². The van der Waals surface area contributed by atoms with Gasteiger partial charge in [0, 0.05) is 37.3 Å². The number of piperidine rings is 1. The lowest BCUT2D eigenvalue weighted by molar-refractivity contribution is -0.121. The number of anilines is 1. The second-order valence-electron chi connectivity index (χ2n) is 12.4. The van der Waals surface area contributed by atoms with Crippen molar-refractivity contribution in [1.82, 2.24) is 20.0 Å². The number of ether oxygens (including phenoxy) is 2. The molecule has 5 atom stereocenters. The molecule has 2 saturated heterocycles. The molecule has 7 rings (SSSR count). The van der Waals surface area contributed by atoms with Gasteiger partial charge in [0.15, 0.2) is 17.3 Å². The summed E-state index contributed by atoms with van der Waals surface area (Å²) >= 11 is 0. The van der Waals surface area contributed by atoms with Crippen molar-refractivity contribution in [2.24, 2.45) is 11.8 Å². The lowest BCUT2D eigenvalue weighted by Crippen LogP contribution is -2.56. The molecular weight excluding hydrogens is 574 g/mol. The summed E-state index contributed by atoms with van der Waals surface area (Å²) in [5.74, 6) is -4.22. The highest BCUT2D eigenvalue weighted by Crippen LogP contribution is 2.53. The number of likely N-dealkylation sites (N-methyl/N-ethyl adjacent to an activating group) is 1. The third-order valence-electron chi connectivity index (χ3n) is 9.86. The van der Waals surface area contributed by atoms with Crippen LogP contribution in [0.2, 0.25) is 0 Å². The van der Waals surface area contributed by atoms with Crippen molar-refractivity contribution < 1.29 is 32.6 Å². The molecule has 1 aromatic heterocycles. The fourth-order valence-electron chi connectivity index (χ4n) is 7.49. The van der Waals surface area contributed by atoms with E-state index in [9.17, 15) is 28.4 Å². The molecule has 11 nitrogen and oxygen atoms in total. The molecule has 3 aliphatic heterocycles. The molecule has 5 aliphatic rings. The third-order valence-corrected chi connectivity index (χ3v) is 9.86. The molecule has 232 valence electrons. The number of aromatic nitrogens is 2. The summed E-state index contributed by atoms with van der Waals surface area (Å²) in [7, 11) is 1.14. The largest absolute Gasteiger partial charge is 0.493 e. The summed E-state index contributed by atoms with van der Waals surface area (Å²) in [5, 5.41) is 17.6. The van der Waals surface area contributed by atoms with Crippen LogP contribution in [-0.2, 0) is 9.53 Å². The van der Waals surface area contributed by atoms with E-state index < -0.39 is 41.3 Å². The fourth-order valence-corrected chi connectivity index (χ4v) is 7.49. The topological polar surface area (TPSA) is 130 Å². The maximum Gasteiger partial charge on any atom is 0.276 e. The highest BCUT2D eigenvalue weighted by Gasteiger charge is 2.57. The van der Waals surface area contributed by atoms with E-state index in [1.54, 1.807) is 14.5 Å². The van der Waals surface area contributed by atoms with Crippen LogP contribution < -0.4 is 15.0 Å². The Hall–Kier alpha value is -4.05. The van der Waals surface area contributed by atoms with Crippen molar-refractivity contribution in [3.8, 4) is 11.8 Å². The summed E-state index contributed by atoms with van der Waals surface area (Å²) in [4.78, 5) is 45.5. The van der Waals surface area contributed by atoms with Crippen LogP contribution in [0.15, 0.2) is 12.1 Å². The van der Waals surface area contributed by atoms with E-state index in [2.05, 4.69) is 11.4 Å². The van der Waals surface area contributed by atoms with Gasteiger partial charge in [0.25, 0.3) is 17.7 Å². The van der Waals surface area contributed by atoms with E-state index in [0.717, 1.165) is 38.5 Å². The Morgan fingerprint density at radius 2 is 1.91 bits per heavy atom. The Bertz CT molecular complexity index is 1580. The predicted molar refractivity (Wildman–Crippen MR) is 151 cm³/mol. The molecule has 44 heavy (non-hydrogen) atoms. The van der Waals surface area contributed by atoms with Gasteiger partial charge in [0.05, 0.1) is 24.8 Å². The van der Waals surface area contributed by atoms with E-state index >= 15 is 0 Å². The number of benzene rings is 1. The van der Waals surface area contributed by atoms with Crippen molar-refractivity contribution in [3.63, 3.8) is 0 Å². The average molecular weight is 609 g/mol. The molecule has 2 saturated carbocycles. The van der Waals surface area contributed by atoms with Crippen molar-refractivity contribution in [3.05, 3.63) is 40.6 Å². The molecule has 0 unspecified atom stereocenters. The lowest BCUT2D eigenvalue weighted by atomic mass is 9.82. The van der Waals surface area contributed by atoms with Crippen LogP contribution in [0.4, 0.5) is 14.6 Å². The van der Waals surface area contributed by atoms with Gasteiger partial charge >= 0.3 is 0 Å². The number of amides is 3. The van der Waals surface area contributed by atoms with Crippen molar-refractivity contribution in [2.75, 3.05) is 31.8 Å². The lowest BCUT2D eigenvalue weighted by Gasteiger charge is -2.39. The number of rotatable bonds is 7. The number of carbonyl (C=O) groups excluding carboxylic acids is 3. The minimum Gasteiger partial charge on any atom is -0.493 e. The highest BCUT2D eigenvalue weighted by molar-refractivity contribution is 6.07. The molecule has 2 aromatic rings. The molecule has 1 aromatic carbocycles. The maximum atomic E-state index is 14.5. The number of likely N-dealkylation sites (tertiary alicyclic amines) is 1. The van der Waals surface area contributed by atoms with Gasteiger partial charge in [-0.3, -0.25) is 19.3 Å². The summed E-state index contributed by atoms with van der Waals surface area (Å²) in [6, 6.07) is 2.51. The predicted octanol–water partition coefficient (Wildman–Crippen LogP) is 3.31. The molecule has 4 heterocycles. The Balaban J connectivity index is 1.35. The first-order chi connectivity index (χ1) is 21.3. The first-order valence-electron chi connectivity index (χ1n) is 15.4. The standard InChI is InChI=1S/C31H34F2N6O5/c1-3-37-29-23(22(15-4-5-15)25(30(37)41)35-28(40)19-6-7-20(32)24(33)27(19)43-2)26(36-39(29)17-8-10-44-11-9-17)31(42)38-18(14-34)12-16-13-21(16)38/h6-7,15-18,21-22,25H,3-5,8-13H2,1-2H3,(H,35,40)/t16-,18-,21+,22-,25-/m0/s1. The summed E-state index contributed by atoms with van der Waals surface area (Å²) in [6.07, 6.45) is 4.38. The van der Waals surface area contributed by atoms with E-state index in [0.29, 0.717) is 49.8 Å². The number of fused-ring (bicyclic) bond motifs is 2. The highest BCUT2D eigenvalue weighted by atomic mass is 19.2. The van der Waals surface area contributed by atoms with Gasteiger partial charge in [-0.05, 0) is 69.4 Å². The van der Waals surface area contributed by atoms with E-state index in [1.807, 2.05) is 6.92 Å². The Labute approximate surface area is 253 Å². The normalized spacial score (nSPS) is 27.9. The van der Waals surface area contributed by atoms with Gasteiger partial charge < -0.3 is 19.7 Å². The van der Waals surface area contributed by atoms with Gasteiger partial charge in [-0.1, -0.05) is 0 Å². The number of nitrogens with one attached hydrogen (secondary N) is 1. The second-order valence-corrected chi connectivity index (χ2v) is 12.4. The molecule has 13 heteroatoms. The van der Waals surface area contributed by atoms with E-state index in [4.69, 9.17) is 14.6 Å². The number of methoxy groups -OCH3 is 1. The molecule has 4 fully saturated rings. The SMILES string of the molecule is CCN1C(=O)[C@@H](NC(=O)c2ccc(F)c(F)c2OC)[C@@H](C2CC2)c2c(C(=O)N3[C@H](C#N)C[C@H]4C[C@H]43)nn(C3CCOCC3)c21. The maximum absolute atomic E-state index is 14.5. The smallest absolute Gasteiger partial charge is 0.276 e. The van der Waals surface area contributed by atoms with Crippen molar-refractivity contribution in [1.29, 1.82) is 5.26 Å². The summed E-state index contributed by atoms with van der Waals surface area (Å²) < 4.78 is 40.9. The molecule has 0 radical (unpaired) electrons. The van der Waals surface area contributed by atoms with Crippen molar-refractivity contribution in [2.45, 2.75) is 75.5 Å². The number of nitrogens with zero attached hydrogens (tertiary/aromatic N) is 5. The first kappa shape index (κ1) is 28.7. The second kappa shape index (κ2) is 10.8. The van der Waals surface area contributed by atoms with Gasteiger partial charge in [-0.15, -0.1) is 0 Å². The van der Waals surface area contributed by atoms with Gasteiger partial charge in [0.1, 0.15) is 17.9 Å². The number of halogens is 2. The Morgan fingerprint density at radius 1 is 1.16 bits per heavy atom. The van der Waals surface area contributed by atoms with Crippen LogP contribution in [0.1, 0.15) is 83.8 Å². The monoisotopic (exact) mass is 608 g/mol. The summed E-state index contributed by atoms with van der Waals surface area (Å²) in [6.45, 7) is 3.12. The number of hydrogen-bond donors (Lipinski definition) is 1. The number of nitriles is 1. The van der Waals surface area contributed by atoms with Crippen LogP contribution in [0.5, 0.6) is 5.75 Å². The zero-order valence-corrected chi connectivity index (χ0v) is 24.6. The van der Waals surface area contributed by atoms with Crippen LogP contribution in [0, 0.1) is 34.8 Å². The Morgan fingerprint density at radius 3 is 2.57 bits per heavy atom. The molecule has 1 N–H and O–H groups in total. The minimum absolute atomic E-state index is 0.000701. The molecule has 0 bridgehead atoms. The zero-order chi connectivity index (χ0) is 30.9. The fraction of sp³-hybridized carbons (Fsp3) is 0.581. The Kier molecular flexibility index (Phi) is 7.07. The van der Waals surface area contributed by atoms with E-state index in [1.165, 1.54) is 0 Å². The molecule has 0 spiro atoms. The first-order valence-corrected chi connectivity index (χ1v) is 15.4. The van der Waals surface area contributed by atoms with Gasteiger partial charge in [-0.25, -0.2) is 9.07 Å². The minimum atomic E-state index is -1.30. The molecular formula is C31H34F2N6O5. The summed E-state index contributed by atoms with van der Waals surface area (Å²) in [5.41, 5.74) is 0.575. The average Bonchev–Trinajstić information content (AvgIpc) is 3.95. The van der Waals surface area contributed by atoms with Crippen LogP contribution in [0.3, 0.4) is 0 Å². The van der Waals surface area contributed by atoms with Gasteiger partial charge in [0.2, 0.25) is 5.82 Å². The number of carbonyl (C=O) groups is 3. The molecule has 3 amide bonds. The van der Waals surface area contributed by atoms with Crippen LogP contribution >= 0.6 is 0 Å². The van der Waals surface area contributed by atoms with Crippen LogP contribution in [0.25, 0.3) is 0 Å². The van der Waals surface area contributed by atoms with Crippen LogP contribution in [-0.4, -0.2) is 77.4 Å².